The van der Waals surface area contributed by atoms with Crippen molar-refractivity contribution < 1.29 is 42.9 Å². The summed E-state index contributed by atoms with van der Waals surface area (Å²) in [5.41, 5.74) is 0.913. The molecule has 0 N–H and O–H groups in total. The molecule has 0 spiro atoms. The Balaban J connectivity index is 2.54. The molecule has 0 saturated carbocycles. The number of carbonyl (C=O) groups excluding carboxylic acids is 1. The van der Waals surface area contributed by atoms with Crippen LogP contribution >= 0.6 is 0 Å². The van der Waals surface area contributed by atoms with E-state index < -0.39 is 6.10 Å². The third-order valence-electron chi connectivity index (χ3n) is 3.92. The first-order valence-corrected chi connectivity index (χ1v) is 9.97. The zero-order valence-electron chi connectivity index (χ0n) is 18.8. The number of methoxy groups -OCH3 is 4. The molecule has 1 aromatic rings. The largest absolute Gasteiger partial charge is 0.461 e. The second kappa shape index (κ2) is 18.0. The fourth-order valence-corrected chi connectivity index (χ4v) is 2.49. The van der Waals surface area contributed by atoms with Crippen LogP contribution in [0.1, 0.15) is 12.0 Å². The molecule has 0 saturated heterocycles. The fraction of sp³-hybridized carbons (Fsp3) is 0.667. The second-order valence-corrected chi connectivity index (χ2v) is 6.54. The maximum atomic E-state index is 12.1. The Bertz CT molecular complexity index is 549. The van der Waals surface area contributed by atoms with Crippen molar-refractivity contribution in [2.75, 3.05) is 68.2 Å². The lowest BCUT2D eigenvalue weighted by Gasteiger charge is -2.26. The van der Waals surface area contributed by atoms with E-state index in [1.807, 2.05) is 30.3 Å². The summed E-state index contributed by atoms with van der Waals surface area (Å²) in [4.78, 5) is 23.5. The van der Waals surface area contributed by atoms with Gasteiger partial charge in [-0.05, 0) is 5.56 Å². The Morgan fingerprint density at radius 3 is 2.03 bits per heavy atom. The normalized spacial score (nSPS) is 11.6. The van der Waals surface area contributed by atoms with Gasteiger partial charge in [-0.15, -0.1) is 0 Å². The second-order valence-electron chi connectivity index (χ2n) is 6.54. The first-order chi connectivity index (χ1) is 15.1. The average Bonchev–Trinajstić information content (AvgIpc) is 2.77. The van der Waals surface area contributed by atoms with Crippen LogP contribution in [0.4, 0.5) is 0 Å². The third-order valence-corrected chi connectivity index (χ3v) is 3.92. The van der Waals surface area contributed by atoms with Crippen LogP contribution in [0.25, 0.3) is 0 Å². The minimum atomic E-state index is -0.427. The van der Waals surface area contributed by atoms with E-state index in [4.69, 9.17) is 38.1 Å². The van der Waals surface area contributed by atoms with E-state index in [1.54, 1.807) is 28.4 Å². The minimum absolute atomic E-state index is 0.0547. The summed E-state index contributed by atoms with van der Waals surface area (Å²) in [6.45, 7) is 1.46. The minimum Gasteiger partial charge on any atom is -0.461 e. The molecule has 0 bridgehead atoms. The van der Waals surface area contributed by atoms with Crippen molar-refractivity contribution in [3.63, 3.8) is 0 Å². The molecule has 31 heavy (non-hydrogen) atoms. The summed E-state index contributed by atoms with van der Waals surface area (Å²) in [6.07, 6.45) is -0.676. The van der Waals surface area contributed by atoms with Crippen molar-refractivity contribution in [2.24, 2.45) is 0 Å². The van der Waals surface area contributed by atoms with Crippen LogP contribution in [0.3, 0.4) is 0 Å². The van der Waals surface area contributed by atoms with E-state index in [0.717, 1.165) is 5.56 Å². The van der Waals surface area contributed by atoms with Crippen LogP contribution in [-0.2, 0) is 49.5 Å². The van der Waals surface area contributed by atoms with E-state index in [9.17, 15) is 4.79 Å². The van der Waals surface area contributed by atoms with E-state index in [1.165, 1.54) is 5.23 Å². The first-order valence-electron chi connectivity index (χ1n) is 9.97. The van der Waals surface area contributed by atoms with Gasteiger partial charge in [0.25, 0.3) is 0 Å². The number of hydrogen-bond donors (Lipinski definition) is 0. The molecule has 0 aliphatic carbocycles. The van der Waals surface area contributed by atoms with E-state index in [-0.39, 0.29) is 51.7 Å². The van der Waals surface area contributed by atoms with Gasteiger partial charge in [-0.25, -0.2) is 4.84 Å². The maximum absolute atomic E-state index is 12.1. The van der Waals surface area contributed by atoms with Crippen molar-refractivity contribution >= 4 is 5.97 Å². The molecule has 0 fully saturated rings. The Hall–Kier alpha value is -1.63. The predicted octanol–water partition coefficient (Wildman–Crippen LogP) is 1.58. The van der Waals surface area contributed by atoms with Crippen LogP contribution in [0.15, 0.2) is 30.3 Å². The molecule has 0 unspecified atom stereocenters. The molecule has 10 nitrogen and oxygen atoms in total. The van der Waals surface area contributed by atoms with Gasteiger partial charge < -0.3 is 28.4 Å². The summed E-state index contributed by atoms with van der Waals surface area (Å²) in [5.74, 6) is -0.381. The molecule has 0 atom stereocenters. The number of esters is 1. The molecule has 10 heteroatoms. The van der Waals surface area contributed by atoms with Gasteiger partial charge in [0.2, 0.25) is 0 Å². The zero-order chi connectivity index (χ0) is 22.7. The van der Waals surface area contributed by atoms with Gasteiger partial charge in [-0.1, -0.05) is 35.6 Å². The van der Waals surface area contributed by atoms with Crippen molar-refractivity contribution in [1.82, 2.24) is 5.23 Å². The molecule has 0 heterocycles. The van der Waals surface area contributed by atoms with Gasteiger partial charge in [0.05, 0.1) is 39.4 Å². The highest BCUT2D eigenvalue weighted by Gasteiger charge is 2.19. The van der Waals surface area contributed by atoms with Gasteiger partial charge in [-0.3, -0.25) is 9.63 Å². The number of nitrogens with zero attached hydrogens (tertiary/aromatic N) is 1. The van der Waals surface area contributed by atoms with Gasteiger partial charge in [0.15, 0.2) is 6.79 Å². The average molecular weight is 446 g/mol. The van der Waals surface area contributed by atoms with Gasteiger partial charge in [-0.2, -0.15) is 0 Å². The third kappa shape index (κ3) is 13.4. The molecule has 1 rings (SSSR count). The number of hydrogen-bond acceptors (Lipinski definition) is 10. The summed E-state index contributed by atoms with van der Waals surface area (Å²) in [7, 11) is 6.26. The summed E-state index contributed by atoms with van der Waals surface area (Å²) < 4.78 is 31.3. The fourth-order valence-electron chi connectivity index (χ4n) is 2.49. The lowest BCUT2D eigenvalue weighted by molar-refractivity contribution is -0.413. The molecular formula is C21H35NO9. The Kier molecular flexibility index (Phi) is 15.9. The molecular weight excluding hydrogens is 410 g/mol. The van der Waals surface area contributed by atoms with Gasteiger partial charge >= 0.3 is 5.97 Å². The van der Waals surface area contributed by atoms with Crippen LogP contribution in [0.5, 0.6) is 0 Å². The molecule has 0 amide bonds. The summed E-state index contributed by atoms with van der Waals surface area (Å²) in [6, 6.07) is 9.46. The van der Waals surface area contributed by atoms with Crippen molar-refractivity contribution in [3.05, 3.63) is 35.9 Å². The lowest BCUT2D eigenvalue weighted by Crippen LogP contribution is -2.37. The molecule has 0 aliphatic rings. The number of hydroxylamine groups is 2. The van der Waals surface area contributed by atoms with Crippen molar-refractivity contribution in [1.29, 1.82) is 0 Å². The topological polar surface area (TPSA) is 94.2 Å². The van der Waals surface area contributed by atoms with Crippen LogP contribution in [-0.4, -0.2) is 91.6 Å². The molecule has 178 valence electrons. The van der Waals surface area contributed by atoms with E-state index in [0.29, 0.717) is 13.2 Å². The monoisotopic (exact) mass is 445 g/mol. The smallest absolute Gasteiger partial charge is 0.307 e. The molecule has 1 aromatic carbocycles. The highest BCUT2D eigenvalue weighted by atomic mass is 17.0. The maximum Gasteiger partial charge on any atom is 0.307 e. The number of benzene rings is 1. The van der Waals surface area contributed by atoms with Gasteiger partial charge in [0, 0.05) is 28.4 Å². The predicted molar refractivity (Wildman–Crippen MR) is 111 cm³/mol. The molecule has 0 aliphatic heterocycles. The number of rotatable bonds is 19. The van der Waals surface area contributed by atoms with Crippen LogP contribution in [0, 0.1) is 0 Å². The van der Waals surface area contributed by atoms with E-state index >= 15 is 0 Å². The van der Waals surface area contributed by atoms with Crippen molar-refractivity contribution in [3.8, 4) is 0 Å². The standard InChI is InChI=1S/C21H35NO9/c1-24-13-19(14-25-2)29-17-30-22(31-20(15-26-3)16-27-4)11-10-21(23)28-12-18-8-6-5-7-9-18/h5-9,19-20H,10-17H2,1-4H3. The lowest BCUT2D eigenvalue weighted by atomic mass is 10.2. The Morgan fingerprint density at radius 1 is 0.871 bits per heavy atom. The number of ether oxygens (including phenoxy) is 6. The van der Waals surface area contributed by atoms with Crippen molar-refractivity contribution in [2.45, 2.75) is 25.2 Å². The summed E-state index contributed by atoms with van der Waals surface area (Å²) >= 11 is 0. The van der Waals surface area contributed by atoms with Crippen LogP contribution < -0.4 is 0 Å². The SMILES string of the molecule is COCC(COC)OCON(CCC(=O)OCc1ccccc1)OC(COC)COC. The van der Waals surface area contributed by atoms with Crippen LogP contribution in [0.2, 0.25) is 0 Å². The highest BCUT2D eigenvalue weighted by molar-refractivity contribution is 5.69. The Labute approximate surface area is 184 Å². The first kappa shape index (κ1) is 27.4. The quantitative estimate of drug-likeness (QED) is 0.177. The van der Waals surface area contributed by atoms with E-state index in [2.05, 4.69) is 0 Å². The number of carbonyl (C=O) groups is 1. The molecule has 0 aromatic heterocycles. The summed E-state index contributed by atoms with van der Waals surface area (Å²) in [5, 5.41) is 1.18. The molecule has 0 radical (unpaired) electrons. The van der Waals surface area contributed by atoms with Gasteiger partial charge in [0.1, 0.15) is 18.8 Å². The zero-order valence-corrected chi connectivity index (χ0v) is 18.8. The highest BCUT2D eigenvalue weighted by Crippen LogP contribution is 2.06. The Morgan fingerprint density at radius 2 is 1.45 bits per heavy atom.